The predicted molar refractivity (Wildman–Crippen MR) is 117 cm³/mol. The van der Waals surface area contributed by atoms with Gasteiger partial charge in [-0.15, -0.1) is 0 Å². The molecule has 0 radical (unpaired) electrons. The minimum Gasteiger partial charge on any atom is -0.464 e. The van der Waals surface area contributed by atoms with Crippen LogP contribution in [-0.2, 0) is 33.9 Å². The van der Waals surface area contributed by atoms with Crippen LogP contribution in [0.1, 0.15) is 5.56 Å². The number of nitrogens with zero attached hydrogens (tertiary/aromatic N) is 2. The zero-order valence-corrected chi connectivity index (χ0v) is 19.3. The molecule has 0 saturated heterocycles. The molecule has 1 aliphatic rings. The third-order valence-corrected chi connectivity index (χ3v) is 7.63. The molecule has 3 aromatic rings. The highest BCUT2D eigenvalue weighted by Gasteiger charge is 2.52. The second-order valence-electron chi connectivity index (χ2n) is 7.00. The van der Waals surface area contributed by atoms with Crippen molar-refractivity contribution in [1.29, 1.82) is 0 Å². The molecule has 0 bridgehead atoms. The van der Waals surface area contributed by atoms with Crippen LogP contribution in [0.3, 0.4) is 0 Å². The average Bonchev–Trinajstić information content (AvgIpc) is 3.34. The molecule has 1 aromatic heterocycles. The monoisotopic (exact) mass is 528 g/mol. The molecule has 184 valence electrons. The van der Waals surface area contributed by atoms with Crippen LogP contribution >= 0.6 is 0 Å². The average molecular weight is 528 g/mol. The van der Waals surface area contributed by atoms with E-state index in [1.807, 2.05) is 0 Å². The summed E-state index contributed by atoms with van der Waals surface area (Å²) in [6.45, 7) is 0. The van der Waals surface area contributed by atoms with Crippen molar-refractivity contribution in [2.24, 2.45) is 0 Å². The van der Waals surface area contributed by atoms with Gasteiger partial charge >= 0.3 is 21.6 Å². The van der Waals surface area contributed by atoms with Crippen LogP contribution in [0.5, 0.6) is 0 Å². The number of aromatic nitrogens is 1. The maximum atomic E-state index is 13.7. The molecular formula is C21H15F3N2O7S2. The summed E-state index contributed by atoms with van der Waals surface area (Å²) in [4.78, 5) is 12.3. The van der Waals surface area contributed by atoms with Crippen molar-refractivity contribution >= 4 is 37.6 Å². The molecular weight excluding hydrogens is 513 g/mol. The first-order chi connectivity index (χ1) is 16.4. The maximum Gasteiger partial charge on any atom is 0.534 e. The Labute approximate surface area is 197 Å². The molecule has 2 heterocycles. The van der Waals surface area contributed by atoms with Gasteiger partial charge < -0.3 is 13.5 Å². The molecule has 1 aliphatic heterocycles. The first-order valence-corrected chi connectivity index (χ1v) is 12.5. The number of hydrogen-bond acceptors (Lipinski definition) is 7. The van der Waals surface area contributed by atoms with Crippen LogP contribution in [0.4, 0.5) is 18.9 Å². The molecule has 0 unspecified atom stereocenters. The summed E-state index contributed by atoms with van der Waals surface area (Å²) in [5.41, 5.74) is -7.46. The van der Waals surface area contributed by atoms with Crippen LogP contribution in [-0.4, -0.2) is 40.0 Å². The highest BCUT2D eigenvalue weighted by Crippen LogP contribution is 2.44. The number of halogens is 3. The summed E-state index contributed by atoms with van der Waals surface area (Å²) in [5, 5.41) is 0. The highest BCUT2D eigenvalue weighted by atomic mass is 32.2. The molecule has 2 aromatic carbocycles. The third kappa shape index (κ3) is 4.04. The number of para-hydroxylation sites is 2. The highest BCUT2D eigenvalue weighted by molar-refractivity contribution is 7.93. The second-order valence-corrected chi connectivity index (χ2v) is 10.3. The number of methoxy groups -OCH3 is 1. The molecule has 0 saturated carbocycles. The molecule has 0 spiro atoms. The molecule has 35 heavy (non-hydrogen) atoms. The van der Waals surface area contributed by atoms with Crippen molar-refractivity contribution in [3.8, 4) is 5.69 Å². The van der Waals surface area contributed by atoms with E-state index in [1.165, 1.54) is 34.9 Å². The fourth-order valence-electron chi connectivity index (χ4n) is 3.43. The third-order valence-electron chi connectivity index (χ3n) is 4.91. The van der Waals surface area contributed by atoms with Crippen molar-refractivity contribution in [1.82, 2.24) is 4.57 Å². The zero-order chi connectivity index (χ0) is 25.6. The number of carbonyl (C=O) groups excluding carboxylic acids is 1. The largest absolute Gasteiger partial charge is 0.534 e. The van der Waals surface area contributed by atoms with Crippen LogP contribution < -0.4 is 4.31 Å². The quantitative estimate of drug-likeness (QED) is 0.284. The van der Waals surface area contributed by atoms with Gasteiger partial charge in [0.2, 0.25) is 0 Å². The normalized spacial score (nSPS) is 15.5. The number of alkyl halides is 3. The molecule has 4 rings (SSSR count). The lowest BCUT2D eigenvalue weighted by Gasteiger charge is -2.33. The summed E-state index contributed by atoms with van der Waals surface area (Å²) in [7, 11) is -10.1. The lowest BCUT2D eigenvalue weighted by Crippen LogP contribution is -2.40. The van der Waals surface area contributed by atoms with Crippen molar-refractivity contribution in [2.75, 3.05) is 11.4 Å². The molecule has 0 atom stereocenters. The van der Waals surface area contributed by atoms with Gasteiger partial charge in [-0.1, -0.05) is 24.3 Å². The number of carbonyl (C=O) groups is 1. The predicted octanol–water partition coefficient (Wildman–Crippen LogP) is 3.39. The lowest BCUT2D eigenvalue weighted by atomic mass is 10.1. The van der Waals surface area contributed by atoms with Gasteiger partial charge in [0.25, 0.3) is 10.0 Å². The van der Waals surface area contributed by atoms with Gasteiger partial charge in [-0.25, -0.2) is 17.5 Å². The van der Waals surface area contributed by atoms with Crippen LogP contribution in [0, 0.1) is 0 Å². The summed E-state index contributed by atoms with van der Waals surface area (Å²) in [6.07, 6.45) is 3.13. The number of fused-ring (bicyclic) bond motifs is 1. The van der Waals surface area contributed by atoms with E-state index < -0.39 is 53.5 Å². The van der Waals surface area contributed by atoms with E-state index in [-0.39, 0.29) is 11.4 Å². The summed E-state index contributed by atoms with van der Waals surface area (Å²) in [5.74, 6) is -2.60. The van der Waals surface area contributed by atoms with Gasteiger partial charge in [0.05, 0.1) is 23.4 Å². The van der Waals surface area contributed by atoms with Crippen molar-refractivity contribution in [3.63, 3.8) is 0 Å². The Balaban J connectivity index is 2.12. The van der Waals surface area contributed by atoms with Crippen LogP contribution in [0.2, 0.25) is 0 Å². The smallest absolute Gasteiger partial charge is 0.464 e. The first-order valence-electron chi connectivity index (χ1n) is 9.60. The second kappa shape index (κ2) is 8.46. The molecule has 9 nitrogen and oxygen atoms in total. The SMILES string of the molecule is COC(=O)C1=C(OS(=O)(=O)C(F)(F)F)c2ccccc2S(=O)(=O)N1c1ccccc1-n1cccc1. The molecule has 0 fully saturated rings. The maximum absolute atomic E-state index is 13.7. The van der Waals surface area contributed by atoms with E-state index in [0.717, 1.165) is 19.2 Å². The number of benzene rings is 2. The van der Waals surface area contributed by atoms with E-state index in [2.05, 4.69) is 8.92 Å². The fourth-order valence-corrected chi connectivity index (χ4v) is 5.61. The van der Waals surface area contributed by atoms with Gasteiger partial charge in [0.15, 0.2) is 11.5 Å². The Kier molecular flexibility index (Phi) is 5.89. The topological polar surface area (TPSA) is 112 Å². The Morgan fingerprint density at radius 1 is 0.914 bits per heavy atom. The number of hydrogen-bond donors (Lipinski definition) is 0. The Morgan fingerprint density at radius 2 is 1.49 bits per heavy atom. The van der Waals surface area contributed by atoms with E-state index in [0.29, 0.717) is 4.31 Å². The number of sulfonamides is 1. The van der Waals surface area contributed by atoms with E-state index >= 15 is 0 Å². The Hall–Kier alpha value is -3.78. The van der Waals surface area contributed by atoms with Gasteiger partial charge in [0, 0.05) is 18.0 Å². The fraction of sp³-hybridized carbons (Fsp3) is 0.0952. The number of esters is 1. The van der Waals surface area contributed by atoms with Crippen LogP contribution in [0.25, 0.3) is 11.4 Å². The van der Waals surface area contributed by atoms with Crippen molar-refractivity contribution < 1.29 is 43.7 Å². The minimum absolute atomic E-state index is 0.177. The van der Waals surface area contributed by atoms with Gasteiger partial charge in [0.1, 0.15) is 0 Å². The number of ether oxygens (including phenoxy) is 1. The number of rotatable bonds is 5. The van der Waals surface area contributed by atoms with Gasteiger partial charge in [-0.3, -0.25) is 0 Å². The lowest BCUT2D eigenvalue weighted by molar-refractivity contribution is -0.136. The zero-order valence-electron chi connectivity index (χ0n) is 17.6. The summed E-state index contributed by atoms with van der Waals surface area (Å²) < 4.78 is 102. The molecule has 14 heteroatoms. The molecule has 0 amide bonds. The summed E-state index contributed by atoms with van der Waals surface area (Å²) >= 11 is 0. The Morgan fingerprint density at radius 3 is 2.09 bits per heavy atom. The van der Waals surface area contributed by atoms with Crippen molar-refractivity contribution in [3.05, 3.63) is 84.3 Å². The summed E-state index contributed by atoms with van der Waals surface area (Å²) in [6, 6.07) is 13.7. The van der Waals surface area contributed by atoms with Gasteiger partial charge in [-0.05, 0) is 36.4 Å². The van der Waals surface area contributed by atoms with E-state index in [4.69, 9.17) is 0 Å². The molecule has 0 N–H and O–H groups in total. The minimum atomic E-state index is -6.30. The van der Waals surface area contributed by atoms with Gasteiger partial charge in [-0.2, -0.15) is 21.6 Å². The van der Waals surface area contributed by atoms with Crippen LogP contribution in [0.15, 0.2) is 83.6 Å². The number of anilines is 1. The van der Waals surface area contributed by atoms with E-state index in [1.54, 1.807) is 30.6 Å². The van der Waals surface area contributed by atoms with Crippen molar-refractivity contribution in [2.45, 2.75) is 10.4 Å². The Bertz CT molecular complexity index is 1550. The standard InChI is InChI=1S/C21H15F3N2O7S2/c1-32-20(27)18-19(33-35(30,31)21(22,23)24)14-8-2-5-11-17(14)34(28,29)26(18)16-10-4-3-9-15(16)25-12-6-7-13-25/h2-13H,1H3. The molecule has 0 aliphatic carbocycles. The van der Waals surface area contributed by atoms with E-state index in [9.17, 15) is 34.8 Å². The first kappa shape index (κ1) is 24.3.